The molecule has 2 aliphatic rings. The minimum Gasteiger partial charge on any atom is -0.393 e. The molecule has 2 unspecified atom stereocenters. The Morgan fingerprint density at radius 2 is 2.32 bits per heavy atom. The van der Waals surface area contributed by atoms with E-state index in [4.69, 9.17) is 0 Å². The third-order valence-electron chi connectivity index (χ3n) is 4.21. The molecule has 4 nitrogen and oxygen atoms in total. The maximum absolute atomic E-state index is 12.5. The van der Waals surface area contributed by atoms with Crippen molar-refractivity contribution in [2.75, 3.05) is 25.0 Å². The van der Waals surface area contributed by atoms with Crippen LogP contribution in [0.3, 0.4) is 0 Å². The summed E-state index contributed by atoms with van der Waals surface area (Å²) in [4.78, 5) is 14.3. The van der Waals surface area contributed by atoms with Gasteiger partial charge in [-0.15, -0.1) is 0 Å². The first kappa shape index (κ1) is 12.5. The van der Waals surface area contributed by atoms with E-state index in [1.807, 2.05) is 30.0 Å². The van der Waals surface area contributed by atoms with E-state index in [0.29, 0.717) is 19.5 Å². The number of rotatable bonds is 1. The number of hydrogen-bond donors (Lipinski definition) is 2. The van der Waals surface area contributed by atoms with Gasteiger partial charge in [0.25, 0.3) is 5.91 Å². The van der Waals surface area contributed by atoms with Crippen LogP contribution >= 0.6 is 0 Å². The summed E-state index contributed by atoms with van der Waals surface area (Å²) in [6.07, 6.45) is 1.44. The van der Waals surface area contributed by atoms with Gasteiger partial charge in [0.2, 0.25) is 0 Å². The van der Waals surface area contributed by atoms with Crippen LogP contribution in [0.5, 0.6) is 0 Å². The lowest BCUT2D eigenvalue weighted by Gasteiger charge is -2.34. The Morgan fingerprint density at radius 1 is 1.47 bits per heavy atom. The van der Waals surface area contributed by atoms with Crippen molar-refractivity contribution >= 4 is 11.6 Å². The van der Waals surface area contributed by atoms with Crippen molar-refractivity contribution in [2.45, 2.75) is 25.9 Å². The second-order valence-electron chi connectivity index (χ2n) is 5.63. The molecule has 102 valence electrons. The van der Waals surface area contributed by atoms with E-state index in [2.05, 4.69) is 5.32 Å². The number of piperidine rings is 1. The predicted octanol–water partition coefficient (Wildman–Crippen LogP) is 1.50. The summed E-state index contributed by atoms with van der Waals surface area (Å²) in [5.41, 5.74) is 3.13. The second-order valence-corrected chi connectivity index (χ2v) is 5.63. The molecule has 1 fully saturated rings. The number of nitrogens with zero attached hydrogens (tertiary/aromatic N) is 1. The number of carbonyl (C=O) groups excluding carboxylic acids is 1. The molecule has 0 radical (unpaired) electrons. The molecule has 3 rings (SSSR count). The van der Waals surface area contributed by atoms with Crippen molar-refractivity contribution in [2.24, 2.45) is 5.92 Å². The highest BCUT2D eigenvalue weighted by molar-refractivity contribution is 5.95. The summed E-state index contributed by atoms with van der Waals surface area (Å²) in [5.74, 6) is 0.237. The molecule has 2 atom stereocenters. The van der Waals surface area contributed by atoms with Gasteiger partial charge >= 0.3 is 0 Å². The van der Waals surface area contributed by atoms with Gasteiger partial charge in [-0.1, -0.05) is 13.0 Å². The number of hydrogen-bond acceptors (Lipinski definition) is 3. The molecule has 1 saturated heterocycles. The lowest BCUT2D eigenvalue weighted by molar-refractivity contribution is 0.0297. The minimum absolute atomic E-state index is 0.0789. The molecule has 1 aromatic rings. The number of aliphatic hydroxyl groups is 1. The molecule has 19 heavy (non-hydrogen) atoms. The van der Waals surface area contributed by atoms with Gasteiger partial charge in [0.1, 0.15) is 0 Å². The highest BCUT2D eigenvalue weighted by Gasteiger charge is 2.28. The molecule has 2 aliphatic heterocycles. The van der Waals surface area contributed by atoms with E-state index in [1.165, 1.54) is 5.56 Å². The Hall–Kier alpha value is -1.55. The van der Waals surface area contributed by atoms with Gasteiger partial charge in [0, 0.05) is 30.9 Å². The quantitative estimate of drug-likeness (QED) is 0.804. The van der Waals surface area contributed by atoms with Crippen LogP contribution in [0.15, 0.2) is 18.2 Å². The van der Waals surface area contributed by atoms with Crippen LogP contribution in [-0.4, -0.2) is 41.7 Å². The molecule has 2 heterocycles. The van der Waals surface area contributed by atoms with E-state index < -0.39 is 0 Å². The van der Waals surface area contributed by atoms with Gasteiger partial charge < -0.3 is 15.3 Å². The zero-order valence-electron chi connectivity index (χ0n) is 11.2. The molecule has 0 bridgehead atoms. The Balaban J connectivity index is 1.77. The smallest absolute Gasteiger partial charge is 0.253 e. The van der Waals surface area contributed by atoms with Crippen LogP contribution in [0.2, 0.25) is 0 Å². The number of aliphatic hydroxyl groups excluding tert-OH is 1. The lowest BCUT2D eigenvalue weighted by atomic mass is 9.96. The fourth-order valence-electron chi connectivity index (χ4n) is 2.92. The number of nitrogens with one attached hydrogen (secondary N) is 1. The van der Waals surface area contributed by atoms with Crippen LogP contribution in [0.4, 0.5) is 5.69 Å². The summed E-state index contributed by atoms with van der Waals surface area (Å²) in [6.45, 7) is 4.24. The fraction of sp³-hybridized carbons (Fsp3) is 0.533. The van der Waals surface area contributed by atoms with E-state index in [-0.39, 0.29) is 17.9 Å². The zero-order chi connectivity index (χ0) is 13.4. The summed E-state index contributed by atoms with van der Waals surface area (Å²) < 4.78 is 0. The van der Waals surface area contributed by atoms with Crippen LogP contribution in [0.25, 0.3) is 0 Å². The van der Waals surface area contributed by atoms with Gasteiger partial charge in [-0.05, 0) is 36.5 Å². The second kappa shape index (κ2) is 4.85. The number of amides is 1. The van der Waals surface area contributed by atoms with Crippen molar-refractivity contribution < 1.29 is 9.90 Å². The molecule has 1 amide bonds. The van der Waals surface area contributed by atoms with Crippen LogP contribution in [0.1, 0.15) is 29.3 Å². The monoisotopic (exact) mass is 260 g/mol. The summed E-state index contributed by atoms with van der Waals surface area (Å²) in [6, 6.07) is 5.93. The number of carbonyl (C=O) groups is 1. The number of benzene rings is 1. The fourth-order valence-corrected chi connectivity index (χ4v) is 2.92. The van der Waals surface area contributed by atoms with Gasteiger partial charge in [0.05, 0.1) is 6.10 Å². The van der Waals surface area contributed by atoms with Gasteiger partial charge in [-0.25, -0.2) is 0 Å². The average molecular weight is 260 g/mol. The maximum atomic E-state index is 12.5. The summed E-state index contributed by atoms with van der Waals surface area (Å²) in [5, 5.41) is 13.0. The predicted molar refractivity (Wildman–Crippen MR) is 74.3 cm³/mol. The van der Waals surface area contributed by atoms with E-state index in [9.17, 15) is 9.90 Å². The minimum atomic E-state index is -0.272. The first-order valence-corrected chi connectivity index (χ1v) is 6.99. The van der Waals surface area contributed by atoms with E-state index in [0.717, 1.165) is 24.2 Å². The van der Waals surface area contributed by atoms with Crippen LogP contribution in [-0.2, 0) is 6.42 Å². The topological polar surface area (TPSA) is 52.6 Å². The van der Waals surface area contributed by atoms with Crippen LogP contribution in [0, 0.1) is 5.92 Å². The zero-order valence-corrected chi connectivity index (χ0v) is 11.2. The van der Waals surface area contributed by atoms with Crippen molar-refractivity contribution in [1.82, 2.24) is 4.90 Å². The first-order chi connectivity index (χ1) is 9.15. The van der Waals surface area contributed by atoms with Gasteiger partial charge in [-0.2, -0.15) is 0 Å². The largest absolute Gasteiger partial charge is 0.393 e. The Kier molecular flexibility index (Phi) is 3.19. The molecule has 1 aromatic carbocycles. The van der Waals surface area contributed by atoms with Crippen molar-refractivity contribution in [3.05, 3.63) is 29.3 Å². The van der Waals surface area contributed by atoms with Crippen molar-refractivity contribution in [3.8, 4) is 0 Å². The van der Waals surface area contributed by atoms with E-state index >= 15 is 0 Å². The Morgan fingerprint density at radius 3 is 3.11 bits per heavy atom. The molecule has 4 heteroatoms. The molecule has 0 aliphatic carbocycles. The van der Waals surface area contributed by atoms with Crippen LogP contribution < -0.4 is 5.32 Å². The molecule has 2 N–H and O–H groups in total. The normalized spacial score (nSPS) is 25.9. The first-order valence-electron chi connectivity index (χ1n) is 6.99. The van der Waals surface area contributed by atoms with E-state index in [1.54, 1.807) is 0 Å². The van der Waals surface area contributed by atoms with Gasteiger partial charge in [-0.3, -0.25) is 4.79 Å². The molecular weight excluding hydrogens is 240 g/mol. The number of likely N-dealkylation sites (tertiary alicyclic amines) is 1. The maximum Gasteiger partial charge on any atom is 0.253 e. The van der Waals surface area contributed by atoms with Crippen molar-refractivity contribution in [1.29, 1.82) is 0 Å². The molecule has 0 saturated carbocycles. The summed E-state index contributed by atoms with van der Waals surface area (Å²) >= 11 is 0. The Bertz CT molecular complexity index is 501. The number of fused-ring (bicyclic) bond motifs is 1. The molecular formula is C15H20N2O2. The highest BCUT2D eigenvalue weighted by atomic mass is 16.3. The Labute approximate surface area is 113 Å². The van der Waals surface area contributed by atoms with Gasteiger partial charge in [0.15, 0.2) is 0 Å². The van der Waals surface area contributed by atoms with Crippen molar-refractivity contribution in [3.63, 3.8) is 0 Å². The standard InChI is InChI=1S/C15H20N2O2/c1-10-9-17(7-5-14(10)18)15(19)12-3-2-11-4-6-16-13(11)8-12/h2-3,8,10,14,16,18H,4-7,9H2,1H3. The SMILES string of the molecule is CC1CN(C(=O)c2ccc3c(c2)NCC3)CCC1O. The average Bonchev–Trinajstić information content (AvgIpc) is 2.88. The lowest BCUT2D eigenvalue weighted by Crippen LogP contribution is -2.44. The third-order valence-corrected chi connectivity index (χ3v) is 4.21. The summed E-state index contributed by atoms with van der Waals surface area (Å²) in [7, 11) is 0. The highest BCUT2D eigenvalue weighted by Crippen LogP contribution is 2.25. The number of anilines is 1. The third kappa shape index (κ3) is 2.32. The molecule has 0 spiro atoms. The molecule has 0 aromatic heterocycles.